The van der Waals surface area contributed by atoms with Crippen molar-refractivity contribution in [2.75, 3.05) is 7.05 Å². The van der Waals surface area contributed by atoms with Gasteiger partial charge in [0.2, 0.25) is 0 Å². The van der Waals surface area contributed by atoms with E-state index in [0.29, 0.717) is 11.8 Å². The lowest BCUT2D eigenvalue weighted by atomic mass is 9.61. The van der Waals surface area contributed by atoms with Crippen molar-refractivity contribution in [2.24, 2.45) is 5.41 Å². The first kappa shape index (κ1) is 13.8. The van der Waals surface area contributed by atoms with Crippen molar-refractivity contribution in [1.29, 1.82) is 0 Å². The molecule has 5 nitrogen and oxygen atoms in total. The first-order valence-electron chi connectivity index (χ1n) is 6.60. The lowest BCUT2D eigenvalue weighted by molar-refractivity contribution is -0.386. The first-order valence-corrected chi connectivity index (χ1v) is 6.60. The van der Waals surface area contributed by atoms with Gasteiger partial charge in [-0.25, -0.2) is 0 Å². The minimum atomic E-state index is -0.396. The molecule has 3 unspecified atom stereocenters. The number of nitro benzene ring substituents is 1. The molecule has 0 bridgehead atoms. The van der Waals surface area contributed by atoms with E-state index >= 15 is 0 Å². The summed E-state index contributed by atoms with van der Waals surface area (Å²) in [5.41, 5.74) is 0.0622. The normalized spacial score (nSPS) is 29.6. The highest BCUT2D eigenvalue weighted by Crippen LogP contribution is 2.46. The van der Waals surface area contributed by atoms with Gasteiger partial charge in [-0.05, 0) is 19.5 Å². The van der Waals surface area contributed by atoms with E-state index in [1.165, 1.54) is 6.07 Å². The zero-order valence-corrected chi connectivity index (χ0v) is 11.6. The predicted octanol–water partition coefficient (Wildman–Crippen LogP) is 2.75. The van der Waals surface area contributed by atoms with E-state index in [1.807, 2.05) is 7.05 Å². The van der Waals surface area contributed by atoms with Gasteiger partial charge < -0.3 is 10.1 Å². The largest absolute Gasteiger partial charge is 0.483 e. The molecule has 0 heterocycles. The van der Waals surface area contributed by atoms with Crippen molar-refractivity contribution in [3.05, 3.63) is 34.4 Å². The van der Waals surface area contributed by atoms with Crippen molar-refractivity contribution in [3.63, 3.8) is 0 Å². The predicted molar refractivity (Wildman–Crippen MR) is 73.4 cm³/mol. The molecule has 1 aromatic carbocycles. The van der Waals surface area contributed by atoms with E-state index in [2.05, 4.69) is 19.2 Å². The van der Waals surface area contributed by atoms with Crippen LogP contribution in [0, 0.1) is 15.5 Å². The standard InChI is InChI=1S/C14H20N2O3/c1-4-14(2)12(15-3)9-13(14)19-11-8-6-5-7-10(11)16(17)18/h5-8,12-13,15H,4,9H2,1-3H3. The summed E-state index contributed by atoms with van der Waals surface area (Å²) in [5, 5.41) is 14.3. The topological polar surface area (TPSA) is 64.4 Å². The molecule has 1 aromatic rings. The van der Waals surface area contributed by atoms with Gasteiger partial charge in [0.25, 0.3) is 0 Å². The maximum atomic E-state index is 11.0. The monoisotopic (exact) mass is 264 g/mol. The molecule has 2 rings (SSSR count). The quantitative estimate of drug-likeness (QED) is 0.656. The van der Waals surface area contributed by atoms with E-state index in [-0.39, 0.29) is 17.2 Å². The molecule has 3 atom stereocenters. The molecule has 0 spiro atoms. The Morgan fingerprint density at radius 3 is 2.79 bits per heavy atom. The highest BCUT2D eigenvalue weighted by atomic mass is 16.6. The molecular weight excluding hydrogens is 244 g/mol. The third kappa shape index (κ3) is 2.30. The second-order valence-corrected chi connectivity index (χ2v) is 5.27. The molecular formula is C14H20N2O3. The number of hydrogen-bond donors (Lipinski definition) is 1. The Bertz CT molecular complexity index is 478. The molecule has 0 aromatic heterocycles. The summed E-state index contributed by atoms with van der Waals surface area (Å²) in [6.07, 6.45) is 1.88. The van der Waals surface area contributed by atoms with E-state index < -0.39 is 4.92 Å². The van der Waals surface area contributed by atoms with Gasteiger partial charge in [-0.15, -0.1) is 0 Å². The average Bonchev–Trinajstić information content (AvgIpc) is 2.42. The Labute approximate surface area is 113 Å². The van der Waals surface area contributed by atoms with E-state index in [0.717, 1.165) is 12.8 Å². The molecule has 19 heavy (non-hydrogen) atoms. The van der Waals surface area contributed by atoms with Crippen molar-refractivity contribution >= 4 is 5.69 Å². The minimum absolute atomic E-state index is 0.0241. The molecule has 1 aliphatic rings. The number of nitrogens with zero attached hydrogens (tertiary/aromatic N) is 1. The Balaban J connectivity index is 2.17. The van der Waals surface area contributed by atoms with Crippen LogP contribution in [0.2, 0.25) is 0 Å². The number of para-hydroxylation sites is 2. The van der Waals surface area contributed by atoms with Crippen LogP contribution in [-0.4, -0.2) is 24.1 Å². The summed E-state index contributed by atoms with van der Waals surface area (Å²) in [7, 11) is 1.94. The number of nitrogens with one attached hydrogen (secondary N) is 1. The Kier molecular flexibility index (Phi) is 3.75. The van der Waals surface area contributed by atoms with Crippen LogP contribution in [-0.2, 0) is 0 Å². The molecule has 0 radical (unpaired) electrons. The molecule has 0 aliphatic heterocycles. The highest BCUT2D eigenvalue weighted by molar-refractivity contribution is 5.46. The number of nitro groups is 1. The number of benzene rings is 1. The average molecular weight is 264 g/mol. The summed E-state index contributed by atoms with van der Waals surface area (Å²) in [4.78, 5) is 10.6. The van der Waals surface area contributed by atoms with Gasteiger partial charge in [-0.2, -0.15) is 0 Å². The first-order chi connectivity index (χ1) is 9.02. The smallest absolute Gasteiger partial charge is 0.310 e. The highest BCUT2D eigenvalue weighted by Gasteiger charge is 2.51. The van der Waals surface area contributed by atoms with Crippen molar-refractivity contribution in [3.8, 4) is 5.75 Å². The van der Waals surface area contributed by atoms with Gasteiger partial charge >= 0.3 is 5.69 Å². The molecule has 1 aliphatic carbocycles. The van der Waals surface area contributed by atoms with Crippen LogP contribution >= 0.6 is 0 Å². The van der Waals surface area contributed by atoms with Crippen LogP contribution in [0.25, 0.3) is 0 Å². The molecule has 1 fully saturated rings. The summed E-state index contributed by atoms with van der Waals surface area (Å²) >= 11 is 0. The SMILES string of the molecule is CCC1(C)C(NC)CC1Oc1ccccc1[N+](=O)[O-]. The van der Waals surface area contributed by atoms with Crippen LogP contribution in [0.1, 0.15) is 26.7 Å². The van der Waals surface area contributed by atoms with Crippen LogP contribution in [0.5, 0.6) is 5.75 Å². The summed E-state index contributed by atoms with van der Waals surface area (Å²) in [5.74, 6) is 0.367. The van der Waals surface area contributed by atoms with Gasteiger partial charge in [0.1, 0.15) is 6.10 Å². The molecule has 0 amide bonds. The molecule has 5 heteroatoms. The van der Waals surface area contributed by atoms with E-state index in [9.17, 15) is 10.1 Å². The fourth-order valence-electron chi connectivity index (χ4n) is 2.78. The van der Waals surface area contributed by atoms with Crippen molar-refractivity contribution < 1.29 is 9.66 Å². The fourth-order valence-corrected chi connectivity index (χ4v) is 2.78. The molecule has 0 saturated heterocycles. The van der Waals surface area contributed by atoms with Gasteiger partial charge in [-0.1, -0.05) is 26.0 Å². The van der Waals surface area contributed by atoms with Gasteiger partial charge in [-0.3, -0.25) is 10.1 Å². The van der Waals surface area contributed by atoms with E-state index in [1.54, 1.807) is 18.2 Å². The van der Waals surface area contributed by atoms with Crippen molar-refractivity contribution in [2.45, 2.75) is 38.8 Å². The van der Waals surface area contributed by atoms with E-state index in [4.69, 9.17) is 4.74 Å². The molecule has 1 saturated carbocycles. The van der Waals surface area contributed by atoms with Crippen molar-refractivity contribution in [1.82, 2.24) is 5.32 Å². The summed E-state index contributed by atoms with van der Waals surface area (Å²) < 4.78 is 5.90. The van der Waals surface area contributed by atoms with Crippen LogP contribution in [0.15, 0.2) is 24.3 Å². The van der Waals surface area contributed by atoms with Gasteiger partial charge in [0, 0.05) is 23.9 Å². The Morgan fingerprint density at radius 1 is 1.53 bits per heavy atom. The Morgan fingerprint density at radius 2 is 2.21 bits per heavy atom. The Hall–Kier alpha value is -1.62. The van der Waals surface area contributed by atoms with Gasteiger partial charge in [0.15, 0.2) is 5.75 Å². The lowest BCUT2D eigenvalue weighted by Crippen LogP contribution is -2.62. The second kappa shape index (κ2) is 5.17. The third-order valence-electron chi connectivity index (χ3n) is 4.42. The molecule has 104 valence electrons. The number of ether oxygens (including phenoxy) is 1. The third-order valence-corrected chi connectivity index (χ3v) is 4.42. The maximum absolute atomic E-state index is 11.0. The van der Waals surface area contributed by atoms with Crippen LogP contribution < -0.4 is 10.1 Å². The maximum Gasteiger partial charge on any atom is 0.310 e. The summed E-state index contributed by atoms with van der Waals surface area (Å²) in [6.45, 7) is 4.29. The zero-order valence-electron chi connectivity index (χ0n) is 11.6. The number of hydrogen-bond acceptors (Lipinski definition) is 4. The minimum Gasteiger partial charge on any atom is -0.483 e. The van der Waals surface area contributed by atoms with Crippen LogP contribution in [0.4, 0.5) is 5.69 Å². The fraction of sp³-hybridized carbons (Fsp3) is 0.571. The van der Waals surface area contributed by atoms with Crippen LogP contribution in [0.3, 0.4) is 0 Å². The zero-order chi connectivity index (χ0) is 14.0. The summed E-state index contributed by atoms with van der Waals surface area (Å²) in [6, 6.07) is 6.97. The lowest BCUT2D eigenvalue weighted by Gasteiger charge is -2.53. The molecule has 1 N–H and O–H groups in total. The second-order valence-electron chi connectivity index (χ2n) is 5.27. The van der Waals surface area contributed by atoms with Gasteiger partial charge in [0.05, 0.1) is 4.92 Å². The number of rotatable bonds is 5.